The zero-order valence-corrected chi connectivity index (χ0v) is 10.9. The topological polar surface area (TPSA) is 47.9 Å². The fourth-order valence-corrected chi connectivity index (χ4v) is 2.02. The Labute approximate surface area is 115 Å². The summed E-state index contributed by atoms with van der Waals surface area (Å²) in [7, 11) is 1.60. The highest BCUT2D eigenvalue weighted by atomic mass is 35.5. The van der Waals surface area contributed by atoms with Crippen LogP contribution in [0.5, 0.6) is 5.75 Å². The maximum atomic E-state index is 5.95. The zero-order chi connectivity index (χ0) is 13.2. The minimum Gasteiger partial charge on any atom is -0.496 e. The van der Waals surface area contributed by atoms with E-state index in [9.17, 15) is 0 Å². The molecule has 0 aliphatic carbocycles. The van der Waals surface area contributed by atoms with Gasteiger partial charge in [-0.1, -0.05) is 11.6 Å². The summed E-state index contributed by atoms with van der Waals surface area (Å²) in [5.74, 6) is 0.664. The van der Waals surface area contributed by atoms with Crippen molar-refractivity contribution in [3.05, 3.63) is 47.7 Å². The minimum atomic E-state index is 0.608. The molecule has 0 aliphatic heterocycles. The van der Waals surface area contributed by atoms with Gasteiger partial charge in [-0.15, -0.1) is 0 Å². The molecule has 0 unspecified atom stereocenters. The maximum Gasteiger partial charge on any atom is 0.178 e. The lowest BCUT2D eigenvalue weighted by Crippen LogP contribution is -1.93. The number of hydrogen-bond acceptors (Lipinski definition) is 4. The van der Waals surface area contributed by atoms with E-state index in [-0.39, 0.29) is 0 Å². The van der Waals surface area contributed by atoms with Gasteiger partial charge in [-0.2, -0.15) is 0 Å². The Kier molecular flexibility index (Phi) is 3.01. The molecular formula is C14H10ClN3O. The third kappa shape index (κ3) is 2.22. The normalized spacial score (nSPS) is 10.6. The summed E-state index contributed by atoms with van der Waals surface area (Å²) in [6.45, 7) is 0. The first-order chi connectivity index (χ1) is 9.28. The van der Waals surface area contributed by atoms with Crippen molar-refractivity contribution in [3.63, 3.8) is 0 Å². The standard InChI is InChI=1S/C14H10ClN3O/c1-19-13-7-9(15)4-5-10(13)12-8-17-11-3-2-6-16-14(11)18-12/h2-8H,1H3. The van der Waals surface area contributed by atoms with Crippen molar-refractivity contribution in [1.82, 2.24) is 15.0 Å². The Morgan fingerprint density at radius 2 is 2.05 bits per heavy atom. The van der Waals surface area contributed by atoms with Crippen molar-refractivity contribution in [2.24, 2.45) is 0 Å². The highest BCUT2D eigenvalue weighted by Gasteiger charge is 2.09. The third-order valence-corrected chi connectivity index (χ3v) is 2.99. The Balaban J connectivity index is 2.18. The number of methoxy groups -OCH3 is 1. The molecule has 2 heterocycles. The van der Waals surface area contributed by atoms with Crippen LogP contribution in [0.15, 0.2) is 42.7 Å². The Bertz CT molecular complexity index is 746. The van der Waals surface area contributed by atoms with Crippen molar-refractivity contribution in [2.45, 2.75) is 0 Å². The average Bonchev–Trinajstić information content (AvgIpc) is 2.46. The number of pyridine rings is 1. The molecule has 0 spiro atoms. The molecule has 94 valence electrons. The van der Waals surface area contributed by atoms with Crippen LogP contribution in [0.1, 0.15) is 0 Å². The molecule has 0 amide bonds. The van der Waals surface area contributed by atoms with Crippen molar-refractivity contribution < 1.29 is 4.74 Å². The van der Waals surface area contributed by atoms with E-state index in [0.717, 1.165) is 11.1 Å². The summed E-state index contributed by atoms with van der Waals surface area (Å²) in [5.41, 5.74) is 2.92. The second kappa shape index (κ2) is 4.82. The first-order valence-corrected chi connectivity index (χ1v) is 6.07. The second-order valence-electron chi connectivity index (χ2n) is 3.95. The van der Waals surface area contributed by atoms with Crippen LogP contribution in [0.3, 0.4) is 0 Å². The number of fused-ring (bicyclic) bond motifs is 1. The average molecular weight is 272 g/mol. The molecule has 0 fully saturated rings. The summed E-state index contributed by atoms with van der Waals surface area (Å²) in [4.78, 5) is 13.0. The molecule has 0 N–H and O–H groups in total. The molecule has 0 saturated carbocycles. The number of aromatic nitrogens is 3. The highest BCUT2D eigenvalue weighted by Crippen LogP contribution is 2.31. The van der Waals surface area contributed by atoms with E-state index in [0.29, 0.717) is 22.1 Å². The Hall–Kier alpha value is -2.20. The third-order valence-electron chi connectivity index (χ3n) is 2.76. The van der Waals surface area contributed by atoms with Crippen LogP contribution in [0.2, 0.25) is 5.02 Å². The molecule has 1 aromatic carbocycles. The molecule has 0 saturated heterocycles. The van der Waals surface area contributed by atoms with Gasteiger partial charge in [0.25, 0.3) is 0 Å². The molecule has 4 nitrogen and oxygen atoms in total. The van der Waals surface area contributed by atoms with Crippen molar-refractivity contribution in [3.8, 4) is 17.0 Å². The monoisotopic (exact) mass is 271 g/mol. The van der Waals surface area contributed by atoms with Crippen LogP contribution in [0, 0.1) is 0 Å². The number of ether oxygens (including phenoxy) is 1. The largest absolute Gasteiger partial charge is 0.496 e. The summed E-state index contributed by atoms with van der Waals surface area (Å²) in [6, 6.07) is 9.11. The lowest BCUT2D eigenvalue weighted by atomic mass is 10.1. The van der Waals surface area contributed by atoms with E-state index in [1.165, 1.54) is 0 Å². The van der Waals surface area contributed by atoms with E-state index in [1.807, 2.05) is 18.2 Å². The first kappa shape index (κ1) is 11.9. The van der Waals surface area contributed by atoms with Gasteiger partial charge in [0.05, 0.1) is 19.0 Å². The van der Waals surface area contributed by atoms with E-state index in [2.05, 4.69) is 15.0 Å². The molecular weight excluding hydrogens is 262 g/mol. The lowest BCUT2D eigenvalue weighted by Gasteiger charge is -2.08. The van der Waals surface area contributed by atoms with Gasteiger partial charge in [-0.3, -0.25) is 4.98 Å². The number of halogens is 1. The Morgan fingerprint density at radius 1 is 1.16 bits per heavy atom. The van der Waals surface area contributed by atoms with Crippen LogP contribution in [0.25, 0.3) is 22.4 Å². The van der Waals surface area contributed by atoms with E-state index >= 15 is 0 Å². The van der Waals surface area contributed by atoms with Gasteiger partial charge >= 0.3 is 0 Å². The fraction of sp³-hybridized carbons (Fsp3) is 0.0714. The molecule has 2 aromatic heterocycles. The first-order valence-electron chi connectivity index (χ1n) is 5.69. The molecule has 0 atom stereocenters. The fourth-order valence-electron chi connectivity index (χ4n) is 1.86. The predicted octanol–water partition coefficient (Wildman–Crippen LogP) is 3.35. The van der Waals surface area contributed by atoms with Crippen LogP contribution < -0.4 is 4.74 Å². The van der Waals surface area contributed by atoms with Gasteiger partial charge in [-0.25, -0.2) is 9.97 Å². The molecule has 19 heavy (non-hydrogen) atoms. The van der Waals surface area contributed by atoms with Crippen molar-refractivity contribution in [1.29, 1.82) is 0 Å². The molecule has 0 aliphatic rings. The quantitative estimate of drug-likeness (QED) is 0.717. The zero-order valence-electron chi connectivity index (χ0n) is 10.2. The van der Waals surface area contributed by atoms with Gasteiger partial charge in [0.1, 0.15) is 11.3 Å². The molecule has 3 rings (SSSR count). The van der Waals surface area contributed by atoms with Crippen molar-refractivity contribution in [2.75, 3.05) is 7.11 Å². The number of nitrogens with zero attached hydrogens (tertiary/aromatic N) is 3. The van der Waals surface area contributed by atoms with Crippen LogP contribution >= 0.6 is 11.6 Å². The maximum absolute atomic E-state index is 5.95. The van der Waals surface area contributed by atoms with Gasteiger partial charge < -0.3 is 4.74 Å². The van der Waals surface area contributed by atoms with E-state index in [4.69, 9.17) is 16.3 Å². The summed E-state index contributed by atoms with van der Waals surface area (Å²) < 4.78 is 5.32. The van der Waals surface area contributed by atoms with E-state index < -0.39 is 0 Å². The van der Waals surface area contributed by atoms with Gasteiger partial charge in [0.15, 0.2) is 5.65 Å². The molecule has 0 radical (unpaired) electrons. The molecule has 0 bridgehead atoms. The number of benzene rings is 1. The molecule has 5 heteroatoms. The number of rotatable bonds is 2. The summed E-state index contributed by atoms with van der Waals surface area (Å²) in [5, 5.41) is 0.618. The van der Waals surface area contributed by atoms with Gasteiger partial charge in [0.2, 0.25) is 0 Å². The van der Waals surface area contributed by atoms with Crippen LogP contribution in [-0.4, -0.2) is 22.1 Å². The van der Waals surface area contributed by atoms with Crippen LogP contribution in [-0.2, 0) is 0 Å². The summed E-state index contributed by atoms with van der Waals surface area (Å²) in [6.07, 6.45) is 3.40. The van der Waals surface area contributed by atoms with E-state index in [1.54, 1.807) is 31.6 Å². The lowest BCUT2D eigenvalue weighted by molar-refractivity contribution is 0.416. The SMILES string of the molecule is COc1cc(Cl)ccc1-c1cnc2cccnc2n1. The smallest absolute Gasteiger partial charge is 0.178 e. The minimum absolute atomic E-state index is 0.608. The van der Waals surface area contributed by atoms with Crippen molar-refractivity contribution >= 4 is 22.8 Å². The highest BCUT2D eigenvalue weighted by molar-refractivity contribution is 6.30. The van der Waals surface area contributed by atoms with Gasteiger partial charge in [0, 0.05) is 16.8 Å². The second-order valence-corrected chi connectivity index (χ2v) is 4.38. The Morgan fingerprint density at radius 3 is 2.89 bits per heavy atom. The summed E-state index contributed by atoms with van der Waals surface area (Å²) >= 11 is 5.95. The van der Waals surface area contributed by atoms with Gasteiger partial charge in [-0.05, 0) is 30.3 Å². The predicted molar refractivity (Wildman–Crippen MR) is 74.3 cm³/mol. The van der Waals surface area contributed by atoms with Crippen LogP contribution in [0.4, 0.5) is 0 Å². The number of hydrogen-bond donors (Lipinski definition) is 0. The molecule has 3 aromatic rings.